The normalized spacial score (nSPS) is 14.9. The number of nitrogens with one attached hydrogen (secondary N) is 2. The number of carbonyl (C=O) groups is 2. The van der Waals surface area contributed by atoms with Crippen molar-refractivity contribution in [3.8, 4) is 11.5 Å². The summed E-state index contributed by atoms with van der Waals surface area (Å²) in [5.74, 6) is 1.23. The molecule has 3 aromatic rings. The molecule has 0 fully saturated rings. The van der Waals surface area contributed by atoms with Gasteiger partial charge in [-0.25, -0.2) is 0 Å². The van der Waals surface area contributed by atoms with Crippen molar-refractivity contribution in [3.05, 3.63) is 59.8 Å². The molecule has 0 radical (unpaired) electrons. The number of amides is 2. The number of anilines is 1. The Morgan fingerprint density at radius 2 is 2.09 bits per heavy atom. The van der Waals surface area contributed by atoms with Gasteiger partial charge >= 0.3 is 0 Å². The molecule has 1 aliphatic rings. The quantitative estimate of drug-likeness (QED) is 0.556. The number of hydrogen-bond acceptors (Lipinski definition) is 4. The number of carbonyl (C=O) groups excluding carboxylic acids is 2. The number of nitrogens with zero attached hydrogens (tertiary/aromatic N) is 1. The molecule has 166 valence electrons. The van der Waals surface area contributed by atoms with Crippen LogP contribution < -0.4 is 20.1 Å². The molecule has 7 heteroatoms. The molecule has 2 heterocycles. The average Bonchev–Trinajstić information content (AvgIpc) is 3.33. The lowest BCUT2D eigenvalue weighted by Crippen LogP contribution is -2.23. The van der Waals surface area contributed by atoms with Crippen molar-refractivity contribution in [1.82, 2.24) is 9.88 Å². The summed E-state index contributed by atoms with van der Waals surface area (Å²) in [5.41, 5.74) is 3.44. The summed E-state index contributed by atoms with van der Waals surface area (Å²) >= 11 is 0. The molecule has 2 amide bonds. The summed E-state index contributed by atoms with van der Waals surface area (Å²) in [4.78, 5) is 24.3. The van der Waals surface area contributed by atoms with Crippen LogP contribution in [0.25, 0.3) is 17.0 Å². The minimum atomic E-state index is -0.258. The highest BCUT2D eigenvalue weighted by molar-refractivity contribution is 6.03. The fraction of sp³-hybridized carbons (Fsp3) is 0.280. The molecule has 32 heavy (non-hydrogen) atoms. The van der Waals surface area contributed by atoms with Crippen LogP contribution in [0.15, 0.2) is 48.7 Å². The number of fused-ring (bicyclic) bond motifs is 2. The Labute approximate surface area is 187 Å². The predicted octanol–water partition coefficient (Wildman–Crippen LogP) is 3.76. The van der Waals surface area contributed by atoms with E-state index in [1.54, 1.807) is 13.1 Å². The minimum absolute atomic E-state index is 0.0855. The van der Waals surface area contributed by atoms with E-state index in [1.165, 1.54) is 6.08 Å². The molecule has 7 nitrogen and oxygen atoms in total. The van der Waals surface area contributed by atoms with Crippen LogP contribution in [-0.4, -0.2) is 36.1 Å². The Hall–Kier alpha value is -3.74. The number of rotatable bonds is 7. The highest BCUT2D eigenvalue weighted by Crippen LogP contribution is 2.35. The maximum atomic E-state index is 12.6. The Kier molecular flexibility index (Phi) is 6.16. The number of ether oxygens (including phenoxy) is 2. The number of likely N-dealkylation sites (N-methyl/N-ethyl adjacent to an activating group) is 1. The largest absolute Gasteiger partial charge is 0.493 e. The molecule has 2 aromatic carbocycles. The molecule has 0 aliphatic carbocycles. The number of hydrogen-bond donors (Lipinski definition) is 2. The van der Waals surface area contributed by atoms with E-state index in [2.05, 4.69) is 10.6 Å². The van der Waals surface area contributed by atoms with Crippen LogP contribution in [0.2, 0.25) is 0 Å². The van der Waals surface area contributed by atoms with Crippen LogP contribution in [0.5, 0.6) is 11.5 Å². The SMILES string of the molecule is CCOc1cc2c(cc1/C=C/C(=O)Nc1ccc3ccn(CC(=O)NC)c3c1)O[C@@H](C)C2. The summed E-state index contributed by atoms with van der Waals surface area (Å²) in [6, 6.07) is 11.5. The van der Waals surface area contributed by atoms with E-state index in [0.717, 1.165) is 39.9 Å². The summed E-state index contributed by atoms with van der Waals surface area (Å²) in [6.45, 7) is 4.72. The van der Waals surface area contributed by atoms with E-state index in [1.807, 2.05) is 61.0 Å². The van der Waals surface area contributed by atoms with E-state index in [4.69, 9.17) is 9.47 Å². The smallest absolute Gasteiger partial charge is 0.248 e. The van der Waals surface area contributed by atoms with Gasteiger partial charge in [0.15, 0.2) is 0 Å². The lowest BCUT2D eigenvalue weighted by Gasteiger charge is -2.10. The lowest BCUT2D eigenvalue weighted by atomic mass is 10.1. The van der Waals surface area contributed by atoms with E-state index in [-0.39, 0.29) is 24.5 Å². The monoisotopic (exact) mass is 433 g/mol. The molecule has 0 spiro atoms. The summed E-state index contributed by atoms with van der Waals surface area (Å²) in [5, 5.41) is 6.50. The number of aromatic nitrogens is 1. The zero-order valence-corrected chi connectivity index (χ0v) is 18.5. The summed E-state index contributed by atoms with van der Waals surface area (Å²) < 4.78 is 13.5. The van der Waals surface area contributed by atoms with Gasteiger partial charge in [0.1, 0.15) is 24.1 Å². The molecule has 1 aliphatic heterocycles. The second kappa shape index (κ2) is 9.18. The first-order valence-electron chi connectivity index (χ1n) is 10.7. The van der Waals surface area contributed by atoms with Crippen LogP contribution >= 0.6 is 0 Å². The predicted molar refractivity (Wildman–Crippen MR) is 125 cm³/mol. The van der Waals surface area contributed by atoms with Crippen molar-refractivity contribution in [2.75, 3.05) is 19.0 Å². The zero-order chi connectivity index (χ0) is 22.7. The fourth-order valence-corrected chi connectivity index (χ4v) is 3.85. The molecule has 4 rings (SSSR count). The first-order chi connectivity index (χ1) is 15.5. The molecule has 0 bridgehead atoms. The molecule has 0 saturated carbocycles. The van der Waals surface area contributed by atoms with Gasteiger partial charge in [-0.1, -0.05) is 6.07 Å². The molecule has 1 aromatic heterocycles. The molecule has 0 unspecified atom stereocenters. The molecule has 0 saturated heterocycles. The molecular formula is C25H27N3O4. The van der Waals surface area contributed by atoms with Gasteiger partial charge in [0, 0.05) is 42.6 Å². The van der Waals surface area contributed by atoms with E-state index >= 15 is 0 Å². The lowest BCUT2D eigenvalue weighted by molar-refractivity contribution is -0.121. The van der Waals surface area contributed by atoms with Crippen LogP contribution in [0.4, 0.5) is 5.69 Å². The topological polar surface area (TPSA) is 81.6 Å². The average molecular weight is 434 g/mol. The molecule has 2 N–H and O–H groups in total. The van der Waals surface area contributed by atoms with Gasteiger partial charge in [-0.05, 0) is 55.6 Å². The minimum Gasteiger partial charge on any atom is -0.493 e. The van der Waals surface area contributed by atoms with Crippen molar-refractivity contribution in [2.24, 2.45) is 0 Å². The van der Waals surface area contributed by atoms with Crippen molar-refractivity contribution in [2.45, 2.75) is 32.9 Å². The van der Waals surface area contributed by atoms with E-state index < -0.39 is 0 Å². The first-order valence-corrected chi connectivity index (χ1v) is 10.7. The fourth-order valence-electron chi connectivity index (χ4n) is 3.85. The summed E-state index contributed by atoms with van der Waals surface area (Å²) in [7, 11) is 1.61. The Morgan fingerprint density at radius 3 is 2.88 bits per heavy atom. The van der Waals surface area contributed by atoms with Crippen molar-refractivity contribution >= 4 is 34.5 Å². The second-order valence-corrected chi connectivity index (χ2v) is 7.78. The Balaban J connectivity index is 1.51. The van der Waals surface area contributed by atoms with Crippen LogP contribution in [0.1, 0.15) is 25.0 Å². The third-order valence-electron chi connectivity index (χ3n) is 5.38. The van der Waals surface area contributed by atoms with E-state index in [9.17, 15) is 9.59 Å². The third-order valence-corrected chi connectivity index (χ3v) is 5.38. The van der Waals surface area contributed by atoms with Crippen LogP contribution in [-0.2, 0) is 22.6 Å². The van der Waals surface area contributed by atoms with Gasteiger partial charge in [0.05, 0.1) is 12.1 Å². The Morgan fingerprint density at radius 1 is 1.25 bits per heavy atom. The van der Waals surface area contributed by atoms with Crippen molar-refractivity contribution in [3.63, 3.8) is 0 Å². The van der Waals surface area contributed by atoms with Crippen LogP contribution in [0, 0.1) is 0 Å². The first kappa shape index (κ1) is 21.5. The van der Waals surface area contributed by atoms with Gasteiger partial charge in [0.25, 0.3) is 0 Å². The van der Waals surface area contributed by atoms with E-state index in [0.29, 0.717) is 12.3 Å². The van der Waals surface area contributed by atoms with Gasteiger partial charge in [-0.3, -0.25) is 9.59 Å². The maximum Gasteiger partial charge on any atom is 0.248 e. The second-order valence-electron chi connectivity index (χ2n) is 7.78. The van der Waals surface area contributed by atoms with Crippen LogP contribution in [0.3, 0.4) is 0 Å². The van der Waals surface area contributed by atoms with Crippen molar-refractivity contribution < 1.29 is 19.1 Å². The van der Waals surface area contributed by atoms with Gasteiger partial charge in [-0.15, -0.1) is 0 Å². The zero-order valence-electron chi connectivity index (χ0n) is 18.5. The maximum absolute atomic E-state index is 12.6. The summed E-state index contributed by atoms with van der Waals surface area (Å²) in [6.07, 6.45) is 6.07. The molecule has 1 atom stereocenters. The van der Waals surface area contributed by atoms with Gasteiger partial charge < -0.3 is 24.7 Å². The van der Waals surface area contributed by atoms with Gasteiger partial charge in [-0.2, -0.15) is 0 Å². The Bertz CT molecular complexity index is 1200. The van der Waals surface area contributed by atoms with Gasteiger partial charge in [0.2, 0.25) is 11.8 Å². The highest BCUT2D eigenvalue weighted by atomic mass is 16.5. The standard InChI is InChI=1S/C25H27N3O4/c1-4-31-22-13-19-11-16(2)32-23(19)12-18(22)6-8-24(29)27-20-7-5-17-9-10-28(21(17)14-20)15-25(30)26-3/h5-10,12-14,16H,4,11,15H2,1-3H3,(H,26,30)(H,27,29)/b8-6+/t16-/m0/s1. The van der Waals surface area contributed by atoms with Crippen molar-refractivity contribution in [1.29, 1.82) is 0 Å². The molecular weight excluding hydrogens is 406 g/mol. The third kappa shape index (κ3) is 4.61. The number of benzene rings is 2. The highest BCUT2D eigenvalue weighted by Gasteiger charge is 2.21.